The molecule has 0 aromatic carbocycles. The van der Waals surface area contributed by atoms with Gasteiger partial charge in [0.1, 0.15) is 5.69 Å². The first kappa shape index (κ1) is 11.3. The Kier molecular flexibility index (Phi) is 3.13. The van der Waals surface area contributed by atoms with Gasteiger partial charge in [-0.2, -0.15) is 5.10 Å². The van der Waals surface area contributed by atoms with Crippen molar-refractivity contribution in [1.29, 1.82) is 0 Å². The van der Waals surface area contributed by atoms with Crippen molar-refractivity contribution in [2.45, 2.75) is 19.8 Å². The van der Waals surface area contributed by atoms with Crippen LogP contribution in [0, 0.1) is 0 Å². The Morgan fingerprint density at radius 2 is 2.35 bits per heavy atom. The smallest absolute Gasteiger partial charge is 0.273 e. The third-order valence-corrected chi connectivity index (χ3v) is 2.34. The highest BCUT2D eigenvalue weighted by Crippen LogP contribution is 2.10. The van der Waals surface area contributed by atoms with E-state index in [0.29, 0.717) is 17.2 Å². The fraction of sp³-hybridized carbons (Fsp3) is 0.273. The Bertz CT molecular complexity index is 513. The SMILES string of the molecule is CCCc1cc(NC(=O)c2cc(N)c[nH]2)n[nH]1. The normalized spacial score (nSPS) is 10.4. The van der Waals surface area contributed by atoms with Crippen molar-refractivity contribution in [2.75, 3.05) is 11.1 Å². The summed E-state index contributed by atoms with van der Waals surface area (Å²) in [4.78, 5) is 14.5. The standard InChI is InChI=1S/C11H15N5O/c1-2-3-8-5-10(16-15-8)14-11(17)9-4-7(12)6-13-9/h4-6,13H,2-3,12H2,1H3,(H2,14,15,16,17). The molecule has 0 unspecified atom stereocenters. The van der Waals surface area contributed by atoms with Crippen LogP contribution in [0.4, 0.5) is 11.5 Å². The number of H-pyrrole nitrogens is 2. The van der Waals surface area contributed by atoms with Gasteiger partial charge in [0, 0.05) is 23.6 Å². The van der Waals surface area contributed by atoms with E-state index in [-0.39, 0.29) is 5.91 Å². The zero-order valence-electron chi connectivity index (χ0n) is 9.58. The van der Waals surface area contributed by atoms with Gasteiger partial charge < -0.3 is 16.0 Å². The van der Waals surface area contributed by atoms with Gasteiger partial charge >= 0.3 is 0 Å². The third kappa shape index (κ3) is 2.66. The molecule has 5 N–H and O–H groups in total. The lowest BCUT2D eigenvalue weighted by atomic mass is 10.2. The molecule has 2 aromatic heterocycles. The number of carbonyl (C=O) groups is 1. The molecule has 90 valence electrons. The summed E-state index contributed by atoms with van der Waals surface area (Å²) in [6, 6.07) is 3.41. The number of rotatable bonds is 4. The average Bonchev–Trinajstić information content (AvgIpc) is 2.88. The second kappa shape index (κ2) is 4.73. The summed E-state index contributed by atoms with van der Waals surface area (Å²) in [6.45, 7) is 2.08. The Hall–Kier alpha value is -2.24. The second-order valence-corrected chi connectivity index (χ2v) is 3.83. The molecule has 0 fully saturated rings. The number of nitrogen functional groups attached to an aromatic ring is 1. The molecule has 0 aliphatic heterocycles. The summed E-state index contributed by atoms with van der Waals surface area (Å²) in [6.07, 6.45) is 3.52. The average molecular weight is 233 g/mol. The molecule has 1 amide bonds. The maximum atomic E-state index is 11.7. The van der Waals surface area contributed by atoms with E-state index in [1.54, 1.807) is 12.3 Å². The van der Waals surface area contributed by atoms with Crippen molar-refractivity contribution in [3.63, 3.8) is 0 Å². The van der Waals surface area contributed by atoms with Crippen LogP contribution in [-0.2, 0) is 6.42 Å². The zero-order chi connectivity index (χ0) is 12.3. The molecule has 0 radical (unpaired) electrons. The lowest BCUT2D eigenvalue weighted by Gasteiger charge is -1.97. The molecule has 2 aromatic rings. The molecule has 0 atom stereocenters. The third-order valence-electron chi connectivity index (χ3n) is 2.34. The Balaban J connectivity index is 2.02. The summed E-state index contributed by atoms with van der Waals surface area (Å²) in [5.41, 5.74) is 7.48. The van der Waals surface area contributed by atoms with E-state index in [9.17, 15) is 4.79 Å². The van der Waals surface area contributed by atoms with Gasteiger partial charge in [-0.3, -0.25) is 9.89 Å². The fourth-order valence-electron chi connectivity index (χ4n) is 1.55. The van der Waals surface area contributed by atoms with Gasteiger partial charge in [-0.1, -0.05) is 13.3 Å². The molecule has 17 heavy (non-hydrogen) atoms. The van der Waals surface area contributed by atoms with Crippen LogP contribution in [0.2, 0.25) is 0 Å². The summed E-state index contributed by atoms with van der Waals surface area (Å²) in [5, 5.41) is 9.56. The van der Waals surface area contributed by atoms with Crippen molar-refractivity contribution in [2.24, 2.45) is 0 Å². The molecular weight excluding hydrogens is 218 g/mol. The van der Waals surface area contributed by atoms with Crippen molar-refractivity contribution in [3.05, 3.63) is 29.7 Å². The molecule has 6 nitrogen and oxygen atoms in total. The molecular formula is C11H15N5O. The minimum atomic E-state index is -0.253. The number of aromatic nitrogens is 3. The number of anilines is 2. The van der Waals surface area contributed by atoms with Gasteiger partial charge in [-0.05, 0) is 12.5 Å². The van der Waals surface area contributed by atoms with E-state index >= 15 is 0 Å². The van der Waals surface area contributed by atoms with E-state index < -0.39 is 0 Å². The van der Waals surface area contributed by atoms with E-state index in [2.05, 4.69) is 27.4 Å². The molecule has 0 saturated heterocycles. The van der Waals surface area contributed by atoms with Crippen molar-refractivity contribution in [1.82, 2.24) is 15.2 Å². The fourth-order valence-corrected chi connectivity index (χ4v) is 1.55. The molecule has 2 heterocycles. The molecule has 0 aliphatic rings. The summed E-state index contributed by atoms with van der Waals surface area (Å²) in [7, 11) is 0. The number of amides is 1. The van der Waals surface area contributed by atoms with Crippen LogP contribution in [0.5, 0.6) is 0 Å². The lowest BCUT2D eigenvalue weighted by Crippen LogP contribution is -2.12. The molecule has 0 bridgehead atoms. The maximum absolute atomic E-state index is 11.7. The molecule has 0 saturated carbocycles. The quantitative estimate of drug-likeness (QED) is 0.644. The minimum Gasteiger partial charge on any atom is -0.397 e. The van der Waals surface area contributed by atoms with E-state index in [1.807, 2.05) is 6.07 Å². The number of aromatic amines is 2. The van der Waals surface area contributed by atoms with Gasteiger partial charge in [-0.15, -0.1) is 0 Å². The van der Waals surface area contributed by atoms with Crippen LogP contribution in [0.15, 0.2) is 18.3 Å². The summed E-state index contributed by atoms with van der Waals surface area (Å²) < 4.78 is 0. The number of carbonyl (C=O) groups excluding carboxylic acids is 1. The zero-order valence-corrected chi connectivity index (χ0v) is 9.58. The van der Waals surface area contributed by atoms with E-state index in [0.717, 1.165) is 18.5 Å². The minimum absolute atomic E-state index is 0.253. The predicted octanol–water partition coefficient (Wildman–Crippen LogP) is 1.52. The maximum Gasteiger partial charge on any atom is 0.273 e. The van der Waals surface area contributed by atoms with Crippen molar-refractivity contribution < 1.29 is 4.79 Å². The van der Waals surface area contributed by atoms with E-state index in [4.69, 9.17) is 5.73 Å². The molecule has 2 rings (SSSR count). The molecule has 0 spiro atoms. The Labute approximate surface area is 98.6 Å². The topological polar surface area (TPSA) is 99.6 Å². The van der Waals surface area contributed by atoms with Crippen molar-refractivity contribution >= 4 is 17.4 Å². The number of hydrogen-bond acceptors (Lipinski definition) is 3. The number of nitrogens with two attached hydrogens (primary N) is 1. The van der Waals surface area contributed by atoms with Crippen LogP contribution in [0.3, 0.4) is 0 Å². The first-order chi connectivity index (χ1) is 8.19. The van der Waals surface area contributed by atoms with Crippen LogP contribution in [-0.4, -0.2) is 21.1 Å². The van der Waals surface area contributed by atoms with Crippen LogP contribution in [0.25, 0.3) is 0 Å². The summed E-state index contributed by atoms with van der Waals surface area (Å²) >= 11 is 0. The highest BCUT2D eigenvalue weighted by Gasteiger charge is 2.09. The number of hydrogen-bond donors (Lipinski definition) is 4. The highest BCUT2D eigenvalue weighted by atomic mass is 16.1. The van der Waals surface area contributed by atoms with Crippen LogP contribution >= 0.6 is 0 Å². The monoisotopic (exact) mass is 233 g/mol. The number of nitrogens with one attached hydrogen (secondary N) is 3. The van der Waals surface area contributed by atoms with Gasteiger partial charge in [0.25, 0.3) is 5.91 Å². The van der Waals surface area contributed by atoms with Crippen LogP contribution < -0.4 is 11.1 Å². The Morgan fingerprint density at radius 3 is 3.00 bits per heavy atom. The number of nitrogens with zero attached hydrogens (tertiary/aromatic N) is 1. The van der Waals surface area contributed by atoms with Crippen LogP contribution in [0.1, 0.15) is 29.5 Å². The van der Waals surface area contributed by atoms with Gasteiger partial charge in [0.05, 0.1) is 0 Å². The number of aryl methyl sites for hydroxylation is 1. The summed E-state index contributed by atoms with van der Waals surface area (Å²) in [5.74, 6) is 0.267. The van der Waals surface area contributed by atoms with Gasteiger partial charge in [0.2, 0.25) is 0 Å². The Morgan fingerprint density at radius 1 is 1.53 bits per heavy atom. The lowest BCUT2D eigenvalue weighted by molar-refractivity contribution is 0.102. The van der Waals surface area contributed by atoms with E-state index in [1.165, 1.54) is 0 Å². The first-order valence-electron chi connectivity index (χ1n) is 5.48. The predicted molar refractivity (Wildman–Crippen MR) is 65.7 cm³/mol. The first-order valence-corrected chi connectivity index (χ1v) is 5.48. The second-order valence-electron chi connectivity index (χ2n) is 3.83. The van der Waals surface area contributed by atoms with Gasteiger partial charge in [-0.25, -0.2) is 0 Å². The largest absolute Gasteiger partial charge is 0.397 e. The molecule has 0 aliphatic carbocycles. The van der Waals surface area contributed by atoms with Crippen molar-refractivity contribution in [3.8, 4) is 0 Å². The highest BCUT2D eigenvalue weighted by molar-refractivity contribution is 6.03. The van der Waals surface area contributed by atoms with Gasteiger partial charge in [0.15, 0.2) is 5.82 Å². The molecule has 6 heteroatoms.